The van der Waals surface area contributed by atoms with Gasteiger partial charge in [-0.2, -0.15) is 0 Å². The van der Waals surface area contributed by atoms with Crippen LogP contribution in [0.1, 0.15) is 40.2 Å². The number of nitrogens with one attached hydrogen (secondary N) is 1. The van der Waals surface area contributed by atoms with Crippen LogP contribution in [-0.2, 0) is 19.1 Å². The van der Waals surface area contributed by atoms with Crippen LogP contribution in [0, 0.1) is 30.6 Å². The summed E-state index contributed by atoms with van der Waals surface area (Å²) in [4.78, 5) is 53.4. The zero-order chi connectivity index (χ0) is 27.3. The lowest BCUT2D eigenvalue weighted by molar-refractivity contribution is -0.123. The molecule has 1 heterocycles. The molecule has 1 saturated heterocycles. The number of ether oxygens (including phenoxy) is 1. The number of nitrogens with zero attached hydrogens (tertiary/aromatic N) is 1. The van der Waals surface area contributed by atoms with Gasteiger partial charge in [-0.3, -0.25) is 19.3 Å². The first-order valence-electron chi connectivity index (χ1n) is 13.1. The number of halogens is 1. The van der Waals surface area contributed by atoms with Gasteiger partial charge in [0, 0.05) is 10.7 Å². The first kappa shape index (κ1) is 25.3. The average molecular weight is 543 g/mol. The Balaban J connectivity index is 1.14. The molecule has 0 spiro atoms. The SMILES string of the molecule is Cc1c(Cl)cccc1NC(=O)COC(=O)c1cccc(N2C(=O)[C@@H]3[C@@H]4C[C@@H]([C@H]3C2=O)[C@@H](c2ccccc2)C4)c1. The molecule has 3 aliphatic rings. The number of anilines is 2. The second kappa shape index (κ2) is 9.97. The molecule has 0 unspecified atom stereocenters. The zero-order valence-electron chi connectivity index (χ0n) is 21.3. The fourth-order valence-electron chi connectivity index (χ4n) is 6.71. The first-order chi connectivity index (χ1) is 18.8. The molecular formula is C31H27ClN2O5. The number of carbonyl (C=O) groups is 4. The highest BCUT2D eigenvalue weighted by Crippen LogP contribution is 2.61. The van der Waals surface area contributed by atoms with Crippen LogP contribution in [0.3, 0.4) is 0 Å². The molecule has 8 heteroatoms. The van der Waals surface area contributed by atoms with Crippen LogP contribution in [0.5, 0.6) is 0 Å². The molecule has 0 aromatic heterocycles. The molecular weight excluding hydrogens is 516 g/mol. The molecule has 39 heavy (non-hydrogen) atoms. The first-order valence-corrected chi connectivity index (χ1v) is 13.5. The van der Waals surface area contributed by atoms with E-state index in [4.69, 9.17) is 16.3 Å². The van der Waals surface area contributed by atoms with E-state index >= 15 is 0 Å². The van der Waals surface area contributed by atoms with Crippen molar-refractivity contribution in [3.63, 3.8) is 0 Å². The van der Waals surface area contributed by atoms with E-state index in [2.05, 4.69) is 17.4 Å². The number of esters is 1. The van der Waals surface area contributed by atoms with E-state index in [9.17, 15) is 19.2 Å². The lowest BCUT2D eigenvalue weighted by atomic mass is 9.73. The molecule has 1 N–H and O–H groups in total. The van der Waals surface area contributed by atoms with Crippen LogP contribution >= 0.6 is 11.6 Å². The van der Waals surface area contributed by atoms with Gasteiger partial charge in [0.05, 0.1) is 23.1 Å². The molecule has 2 bridgehead atoms. The van der Waals surface area contributed by atoms with Crippen molar-refractivity contribution in [2.24, 2.45) is 23.7 Å². The van der Waals surface area contributed by atoms with E-state index in [1.54, 1.807) is 37.3 Å². The van der Waals surface area contributed by atoms with E-state index in [1.165, 1.54) is 22.6 Å². The van der Waals surface area contributed by atoms with Crippen molar-refractivity contribution in [2.45, 2.75) is 25.7 Å². The van der Waals surface area contributed by atoms with E-state index in [0.29, 0.717) is 22.0 Å². The summed E-state index contributed by atoms with van der Waals surface area (Å²) in [5.74, 6) is -1.67. The summed E-state index contributed by atoms with van der Waals surface area (Å²) in [5, 5.41) is 3.19. The third-order valence-corrected chi connectivity index (χ3v) is 8.87. The van der Waals surface area contributed by atoms with Gasteiger partial charge in [0.15, 0.2) is 6.61 Å². The van der Waals surface area contributed by atoms with Crippen molar-refractivity contribution in [1.82, 2.24) is 0 Å². The fourth-order valence-corrected chi connectivity index (χ4v) is 6.89. The van der Waals surface area contributed by atoms with E-state index in [1.807, 2.05) is 18.2 Å². The molecule has 6 rings (SSSR count). The third-order valence-electron chi connectivity index (χ3n) is 8.46. The van der Waals surface area contributed by atoms with Crippen LogP contribution in [0.25, 0.3) is 0 Å². The van der Waals surface area contributed by atoms with Crippen LogP contribution < -0.4 is 10.2 Å². The quantitative estimate of drug-likeness (QED) is 0.334. The summed E-state index contributed by atoms with van der Waals surface area (Å²) in [7, 11) is 0. The molecule has 1 aliphatic heterocycles. The van der Waals surface area contributed by atoms with E-state index in [-0.39, 0.29) is 47.0 Å². The summed E-state index contributed by atoms with van der Waals surface area (Å²) in [6.45, 7) is 1.28. The Morgan fingerprint density at radius 2 is 1.69 bits per heavy atom. The van der Waals surface area contributed by atoms with E-state index in [0.717, 1.165) is 12.8 Å². The summed E-state index contributed by atoms with van der Waals surface area (Å²) in [5.41, 5.74) is 2.97. The molecule has 7 nitrogen and oxygen atoms in total. The highest BCUT2D eigenvalue weighted by atomic mass is 35.5. The van der Waals surface area contributed by atoms with Gasteiger partial charge in [-0.1, -0.05) is 54.1 Å². The molecule has 3 aromatic rings. The van der Waals surface area contributed by atoms with Gasteiger partial charge in [-0.05, 0) is 79.0 Å². The predicted octanol–water partition coefficient (Wildman–Crippen LogP) is 5.37. The highest BCUT2D eigenvalue weighted by molar-refractivity contribution is 6.31. The number of hydrogen-bond acceptors (Lipinski definition) is 5. The molecule has 3 fully saturated rings. The predicted molar refractivity (Wildman–Crippen MR) is 146 cm³/mol. The maximum Gasteiger partial charge on any atom is 0.338 e. The number of fused-ring (bicyclic) bond motifs is 5. The summed E-state index contributed by atoms with van der Waals surface area (Å²) >= 11 is 6.09. The van der Waals surface area contributed by atoms with Crippen LogP contribution in [0.15, 0.2) is 72.8 Å². The number of benzene rings is 3. The monoisotopic (exact) mass is 542 g/mol. The van der Waals surface area contributed by atoms with Crippen molar-refractivity contribution >= 4 is 46.7 Å². The van der Waals surface area contributed by atoms with Crippen molar-refractivity contribution in [2.75, 3.05) is 16.8 Å². The normalized spacial score (nSPS) is 25.1. The standard InChI is InChI=1S/C31H27ClN2O5/c1-17-24(32)11-6-12-25(17)33-26(35)16-39-31(38)19-9-5-10-21(13-19)34-29(36)27-20-14-22(18-7-3-2-4-8-18)23(15-20)28(27)30(34)37/h2-13,20,22-23,27-28H,14-16H2,1H3,(H,33,35)/t20-,22+,23+,27+,28+/m0/s1. The Kier molecular flexibility index (Phi) is 6.47. The van der Waals surface area contributed by atoms with Crippen LogP contribution in [0.2, 0.25) is 5.02 Å². The van der Waals surface area contributed by atoms with Gasteiger partial charge in [0.1, 0.15) is 0 Å². The molecule has 5 atom stereocenters. The minimum absolute atomic E-state index is 0.138. The van der Waals surface area contributed by atoms with Crippen molar-refractivity contribution in [3.8, 4) is 0 Å². The van der Waals surface area contributed by atoms with Gasteiger partial charge in [-0.25, -0.2) is 4.79 Å². The van der Waals surface area contributed by atoms with Gasteiger partial charge in [-0.15, -0.1) is 0 Å². The summed E-state index contributed by atoms with van der Waals surface area (Å²) in [6.07, 6.45) is 1.80. The molecule has 3 amide bonds. The number of hydrogen-bond donors (Lipinski definition) is 1. The van der Waals surface area contributed by atoms with Crippen LogP contribution in [-0.4, -0.2) is 30.3 Å². The fraction of sp³-hybridized carbons (Fsp3) is 0.290. The number of rotatable bonds is 6. The lowest BCUT2D eigenvalue weighted by Gasteiger charge is -2.28. The Labute approximate surface area is 231 Å². The van der Waals surface area contributed by atoms with Crippen molar-refractivity contribution in [1.29, 1.82) is 0 Å². The third kappa shape index (κ3) is 4.40. The average Bonchev–Trinajstić information content (AvgIpc) is 3.61. The minimum atomic E-state index is -0.724. The smallest absolute Gasteiger partial charge is 0.338 e. The van der Waals surface area contributed by atoms with Gasteiger partial charge < -0.3 is 10.1 Å². The lowest BCUT2D eigenvalue weighted by Crippen LogP contribution is -2.33. The van der Waals surface area contributed by atoms with Gasteiger partial charge in [0.2, 0.25) is 11.8 Å². The summed E-state index contributed by atoms with van der Waals surface area (Å²) < 4.78 is 5.21. The Morgan fingerprint density at radius 3 is 2.49 bits per heavy atom. The van der Waals surface area contributed by atoms with Crippen molar-refractivity contribution < 1.29 is 23.9 Å². The zero-order valence-corrected chi connectivity index (χ0v) is 22.1. The minimum Gasteiger partial charge on any atom is -0.452 e. The maximum absolute atomic E-state index is 13.6. The molecule has 2 saturated carbocycles. The van der Waals surface area contributed by atoms with Gasteiger partial charge >= 0.3 is 5.97 Å². The number of carbonyl (C=O) groups excluding carboxylic acids is 4. The summed E-state index contributed by atoms with van der Waals surface area (Å²) in [6, 6.07) is 21.6. The highest BCUT2D eigenvalue weighted by Gasteiger charge is 2.64. The second-order valence-electron chi connectivity index (χ2n) is 10.6. The Hall–Kier alpha value is -3.97. The van der Waals surface area contributed by atoms with Crippen molar-refractivity contribution in [3.05, 3.63) is 94.5 Å². The number of imide groups is 1. The largest absolute Gasteiger partial charge is 0.452 e. The second-order valence-corrected chi connectivity index (χ2v) is 11.0. The Bertz CT molecular complexity index is 1490. The number of amides is 3. The molecule has 198 valence electrons. The van der Waals surface area contributed by atoms with Crippen LogP contribution in [0.4, 0.5) is 11.4 Å². The topological polar surface area (TPSA) is 92.8 Å². The van der Waals surface area contributed by atoms with Gasteiger partial charge in [0.25, 0.3) is 5.91 Å². The molecule has 3 aromatic carbocycles. The molecule has 2 aliphatic carbocycles. The maximum atomic E-state index is 13.6. The Morgan fingerprint density at radius 1 is 0.949 bits per heavy atom. The molecule has 0 radical (unpaired) electrons. The van der Waals surface area contributed by atoms with E-state index < -0.39 is 18.5 Å².